The standard InChI is InChI=1S/C12H17NO3/c1-4-5-6-9-10(7-14)13-8(2)11(9)12(15)16-3/h7,13H,4-6H2,1-3H3. The molecule has 0 aromatic carbocycles. The number of hydrogen-bond donors (Lipinski definition) is 1. The molecule has 1 rings (SSSR count). The van der Waals surface area contributed by atoms with E-state index < -0.39 is 0 Å². The van der Waals surface area contributed by atoms with Crippen molar-refractivity contribution >= 4 is 12.3 Å². The van der Waals surface area contributed by atoms with Crippen molar-refractivity contribution in [3.8, 4) is 0 Å². The second-order valence-electron chi connectivity index (χ2n) is 3.73. The van der Waals surface area contributed by atoms with E-state index in [2.05, 4.69) is 11.9 Å². The minimum absolute atomic E-state index is 0.382. The summed E-state index contributed by atoms with van der Waals surface area (Å²) in [5.74, 6) is -0.382. The van der Waals surface area contributed by atoms with Crippen LogP contribution in [-0.4, -0.2) is 24.3 Å². The molecule has 1 aromatic heterocycles. The van der Waals surface area contributed by atoms with Crippen LogP contribution in [0.5, 0.6) is 0 Å². The average molecular weight is 223 g/mol. The number of H-pyrrole nitrogens is 1. The highest BCUT2D eigenvalue weighted by Crippen LogP contribution is 2.20. The van der Waals surface area contributed by atoms with Crippen LogP contribution in [0.4, 0.5) is 0 Å². The second kappa shape index (κ2) is 5.49. The molecule has 0 saturated heterocycles. The fourth-order valence-corrected chi connectivity index (χ4v) is 1.79. The lowest BCUT2D eigenvalue weighted by Gasteiger charge is -2.03. The number of unbranched alkanes of at least 4 members (excludes halogenated alkanes) is 1. The second-order valence-corrected chi connectivity index (χ2v) is 3.73. The number of carbonyl (C=O) groups is 2. The number of esters is 1. The van der Waals surface area contributed by atoms with Crippen LogP contribution in [0.25, 0.3) is 0 Å². The Labute approximate surface area is 95.0 Å². The van der Waals surface area contributed by atoms with Gasteiger partial charge in [0.05, 0.1) is 18.4 Å². The third-order valence-electron chi connectivity index (χ3n) is 2.61. The highest BCUT2D eigenvalue weighted by atomic mass is 16.5. The lowest BCUT2D eigenvalue weighted by molar-refractivity contribution is 0.0599. The molecule has 0 fully saturated rings. The van der Waals surface area contributed by atoms with Gasteiger partial charge in [-0.25, -0.2) is 4.79 Å². The topological polar surface area (TPSA) is 59.2 Å². The van der Waals surface area contributed by atoms with Crippen LogP contribution in [-0.2, 0) is 11.2 Å². The highest BCUT2D eigenvalue weighted by Gasteiger charge is 2.20. The predicted molar refractivity (Wildman–Crippen MR) is 60.9 cm³/mol. The van der Waals surface area contributed by atoms with Crippen LogP contribution >= 0.6 is 0 Å². The fraction of sp³-hybridized carbons (Fsp3) is 0.500. The van der Waals surface area contributed by atoms with Crippen molar-refractivity contribution in [3.05, 3.63) is 22.5 Å². The number of nitrogens with one attached hydrogen (secondary N) is 1. The van der Waals surface area contributed by atoms with Crippen molar-refractivity contribution < 1.29 is 14.3 Å². The molecule has 0 aliphatic carbocycles. The molecule has 1 N–H and O–H groups in total. The third kappa shape index (κ3) is 2.32. The van der Waals surface area contributed by atoms with Gasteiger partial charge in [0.15, 0.2) is 6.29 Å². The summed E-state index contributed by atoms with van der Waals surface area (Å²) in [7, 11) is 1.35. The summed E-state index contributed by atoms with van der Waals surface area (Å²) in [6.07, 6.45) is 3.44. The number of aryl methyl sites for hydroxylation is 1. The van der Waals surface area contributed by atoms with Gasteiger partial charge in [0.1, 0.15) is 0 Å². The maximum absolute atomic E-state index is 11.6. The normalized spacial score (nSPS) is 10.2. The zero-order chi connectivity index (χ0) is 12.1. The maximum atomic E-state index is 11.6. The van der Waals surface area contributed by atoms with Crippen LogP contribution in [0.15, 0.2) is 0 Å². The Morgan fingerprint density at radius 2 is 2.19 bits per heavy atom. The molecular formula is C12H17NO3. The van der Waals surface area contributed by atoms with E-state index in [1.807, 2.05) is 0 Å². The molecule has 1 heterocycles. The van der Waals surface area contributed by atoms with Gasteiger partial charge in [0.25, 0.3) is 0 Å². The van der Waals surface area contributed by atoms with Gasteiger partial charge < -0.3 is 9.72 Å². The van der Waals surface area contributed by atoms with Gasteiger partial charge >= 0.3 is 5.97 Å². The smallest absolute Gasteiger partial charge is 0.339 e. The summed E-state index contributed by atoms with van der Waals surface area (Å²) in [6, 6.07) is 0. The first kappa shape index (κ1) is 12.5. The average Bonchev–Trinajstić information content (AvgIpc) is 2.61. The molecule has 4 nitrogen and oxygen atoms in total. The molecular weight excluding hydrogens is 206 g/mol. The number of aldehydes is 1. The Kier molecular flexibility index (Phi) is 4.28. The summed E-state index contributed by atoms with van der Waals surface area (Å²) < 4.78 is 4.72. The molecule has 0 radical (unpaired) electrons. The quantitative estimate of drug-likeness (QED) is 0.615. The number of rotatable bonds is 5. The van der Waals surface area contributed by atoms with Gasteiger partial charge in [0, 0.05) is 5.69 Å². The first-order chi connectivity index (χ1) is 7.65. The van der Waals surface area contributed by atoms with Crippen LogP contribution in [0.2, 0.25) is 0 Å². The predicted octanol–water partition coefficient (Wildman–Crippen LogP) is 2.26. The lowest BCUT2D eigenvalue weighted by atomic mass is 10.0. The Bertz CT molecular complexity index is 393. The molecule has 0 amide bonds. The Hall–Kier alpha value is -1.58. The van der Waals surface area contributed by atoms with Gasteiger partial charge in [-0.1, -0.05) is 13.3 Å². The molecule has 1 aromatic rings. The van der Waals surface area contributed by atoms with Crippen LogP contribution in [0, 0.1) is 6.92 Å². The van der Waals surface area contributed by atoms with E-state index >= 15 is 0 Å². The lowest BCUT2D eigenvalue weighted by Crippen LogP contribution is -2.06. The molecule has 0 saturated carbocycles. The van der Waals surface area contributed by atoms with Crippen molar-refractivity contribution in [3.63, 3.8) is 0 Å². The molecule has 0 bridgehead atoms. The van der Waals surface area contributed by atoms with E-state index in [0.29, 0.717) is 17.0 Å². The largest absolute Gasteiger partial charge is 0.465 e. The van der Waals surface area contributed by atoms with Crippen LogP contribution in [0.1, 0.15) is 51.9 Å². The minimum Gasteiger partial charge on any atom is -0.465 e. The first-order valence-corrected chi connectivity index (χ1v) is 5.40. The molecule has 0 spiro atoms. The van der Waals surface area contributed by atoms with E-state index in [-0.39, 0.29) is 5.97 Å². The van der Waals surface area contributed by atoms with Gasteiger partial charge in [-0.05, 0) is 25.3 Å². The Balaban J connectivity index is 3.17. The van der Waals surface area contributed by atoms with Crippen LogP contribution < -0.4 is 0 Å². The highest BCUT2D eigenvalue weighted by molar-refractivity contribution is 5.95. The zero-order valence-electron chi connectivity index (χ0n) is 9.92. The fourth-order valence-electron chi connectivity index (χ4n) is 1.79. The monoisotopic (exact) mass is 223 g/mol. The van der Waals surface area contributed by atoms with Crippen molar-refractivity contribution in [2.24, 2.45) is 0 Å². The number of aromatic amines is 1. The summed E-state index contributed by atoms with van der Waals surface area (Å²) in [5, 5.41) is 0. The summed E-state index contributed by atoms with van der Waals surface area (Å²) in [6.45, 7) is 3.84. The molecule has 88 valence electrons. The number of hydrogen-bond acceptors (Lipinski definition) is 3. The Morgan fingerprint density at radius 3 is 2.69 bits per heavy atom. The number of ether oxygens (including phenoxy) is 1. The third-order valence-corrected chi connectivity index (χ3v) is 2.61. The molecule has 0 aliphatic heterocycles. The van der Waals surface area contributed by atoms with Gasteiger partial charge in [-0.15, -0.1) is 0 Å². The van der Waals surface area contributed by atoms with Crippen molar-refractivity contribution in [2.45, 2.75) is 33.1 Å². The van der Waals surface area contributed by atoms with E-state index in [1.165, 1.54) is 7.11 Å². The zero-order valence-corrected chi connectivity index (χ0v) is 9.92. The minimum atomic E-state index is -0.382. The molecule has 16 heavy (non-hydrogen) atoms. The van der Waals surface area contributed by atoms with Gasteiger partial charge in [-0.3, -0.25) is 4.79 Å². The van der Waals surface area contributed by atoms with E-state index in [1.54, 1.807) is 6.92 Å². The molecule has 0 aliphatic rings. The molecule has 0 atom stereocenters. The van der Waals surface area contributed by atoms with Crippen molar-refractivity contribution in [2.75, 3.05) is 7.11 Å². The van der Waals surface area contributed by atoms with Crippen molar-refractivity contribution in [1.82, 2.24) is 4.98 Å². The van der Waals surface area contributed by atoms with E-state index in [0.717, 1.165) is 31.1 Å². The number of methoxy groups -OCH3 is 1. The van der Waals surface area contributed by atoms with Crippen LogP contribution in [0.3, 0.4) is 0 Å². The maximum Gasteiger partial charge on any atom is 0.339 e. The SMILES string of the molecule is CCCCc1c(C=O)[nH]c(C)c1C(=O)OC. The van der Waals surface area contributed by atoms with Gasteiger partial charge in [0.2, 0.25) is 0 Å². The van der Waals surface area contributed by atoms with E-state index in [9.17, 15) is 9.59 Å². The molecule has 0 unspecified atom stereocenters. The van der Waals surface area contributed by atoms with E-state index in [4.69, 9.17) is 4.74 Å². The van der Waals surface area contributed by atoms with Gasteiger partial charge in [-0.2, -0.15) is 0 Å². The molecule has 4 heteroatoms. The summed E-state index contributed by atoms with van der Waals surface area (Å²) in [4.78, 5) is 25.4. The summed E-state index contributed by atoms with van der Waals surface area (Å²) in [5.41, 5.74) is 2.48. The first-order valence-electron chi connectivity index (χ1n) is 5.40. The number of aromatic nitrogens is 1. The van der Waals surface area contributed by atoms with Crippen molar-refractivity contribution in [1.29, 1.82) is 0 Å². The number of carbonyl (C=O) groups excluding carboxylic acids is 2. The summed E-state index contributed by atoms with van der Waals surface area (Å²) >= 11 is 0. The Morgan fingerprint density at radius 1 is 1.50 bits per heavy atom.